The Balaban J connectivity index is 2.08. The van der Waals surface area contributed by atoms with E-state index in [2.05, 4.69) is 25.9 Å². The van der Waals surface area contributed by atoms with Gasteiger partial charge in [0.2, 0.25) is 5.91 Å². The normalized spacial score (nSPS) is 10.2. The number of carbonyl (C=O) groups excluding carboxylic acids is 1. The summed E-state index contributed by atoms with van der Waals surface area (Å²) < 4.78 is 0. The molecule has 0 atom stereocenters. The molecule has 0 saturated heterocycles. The Labute approximate surface area is 98.4 Å². The number of carbonyl (C=O) groups is 1. The second kappa shape index (κ2) is 4.73. The highest BCUT2D eigenvalue weighted by Gasteiger charge is 2.10. The first-order chi connectivity index (χ1) is 8.16. The first-order valence-corrected chi connectivity index (χ1v) is 5.25. The lowest BCUT2D eigenvalue weighted by atomic mass is 10.1. The molecule has 17 heavy (non-hydrogen) atoms. The Morgan fingerprint density at radius 2 is 2.06 bits per heavy atom. The van der Waals surface area contributed by atoms with Crippen LogP contribution in [0.15, 0.2) is 18.2 Å². The number of aromatic amines is 1. The van der Waals surface area contributed by atoms with Gasteiger partial charge in [-0.05, 0) is 25.0 Å². The maximum Gasteiger partial charge on any atom is 0.232 e. The first-order valence-electron chi connectivity index (χ1n) is 5.25. The number of anilines is 1. The maximum absolute atomic E-state index is 11.8. The van der Waals surface area contributed by atoms with E-state index in [0.717, 1.165) is 16.8 Å². The van der Waals surface area contributed by atoms with Crippen LogP contribution in [0.25, 0.3) is 0 Å². The third kappa shape index (κ3) is 2.66. The molecule has 0 saturated carbocycles. The van der Waals surface area contributed by atoms with Gasteiger partial charge >= 0.3 is 0 Å². The van der Waals surface area contributed by atoms with Crippen LogP contribution in [0.1, 0.15) is 17.0 Å². The van der Waals surface area contributed by atoms with Gasteiger partial charge in [-0.2, -0.15) is 5.21 Å². The van der Waals surface area contributed by atoms with Crippen molar-refractivity contribution in [1.82, 2.24) is 20.6 Å². The van der Waals surface area contributed by atoms with E-state index < -0.39 is 0 Å². The molecule has 1 heterocycles. The predicted octanol–water partition coefficient (Wildman–Crippen LogP) is 0.998. The van der Waals surface area contributed by atoms with Crippen molar-refractivity contribution in [3.05, 3.63) is 35.2 Å². The summed E-state index contributed by atoms with van der Waals surface area (Å²) in [6, 6.07) is 5.87. The van der Waals surface area contributed by atoms with E-state index >= 15 is 0 Å². The molecule has 2 rings (SSSR count). The second-order valence-electron chi connectivity index (χ2n) is 3.82. The molecular weight excluding hydrogens is 218 g/mol. The van der Waals surface area contributed by atoms with E-state index in [0.29, 0.717) is 5.82 Å². The van der Waals surface area contributed by atoms with Crippen molar-refractivity contribution in [3.8, 4) is 0 Å². The van der Waals surface area contributed by atoms with Gasteiger partial charge in [0.25, 0.3) is 0 Å². The number of hydrogen-bond donors (Lipinski definition) is 2. The van der Waals surface area contributed by atoms with Crippen molar-refractivity contribution in [1.29, 1.82) is 0 Å². The predicted molar refractivity (Wildman–Crippen MR) is 62.4 cm³/mol. The largest absolute Gasteiger partial charge is 0.325 e. The van der Waals surface area contributed by atoms with Gasteiger partial charge in [0.15, 0.2) is 5.82 Å². The van der Waals surface area contributed by atoms with Crippen LogP contribution in [-0.2, 0) is 11.2 Å². The number of aromatic nitrogens is 4. The molecule has 88 valence electrons. The SMILES string of the molecule is Cc1cccc(C)c1NC(=O)Cc1nn[nH]n1. The summed E-state index contributed by atoms with van der Waals surface area (Å²) in [5.41, 5.74) is 2.92. The van der Waals surface area contributed by atoms with E-state index in [1.807, 2.05) is 32.0 Å². The highest BCUT2D eigenvalue weighted by molar-refractivity contribution is 5.93. The zero-order valence-electron chi connectivity index (χ0n) is 9.69. The molecular formula is C11H13N5O. The van der Waals surface area contributed by atoms with Gasteiger partial charge in [-0.25, -0.2) is 0 Å². The summed E-state index contributed by atoms with van der Waals surface area (Å²) in [5.74, 6) is 0.234. The Hall–Kier alpha value is -2.24. The summed E-state index contributed by atoms with van der Waals surface area (Å²) in [4.78, 5) is 11.8. The van der Waals surface area contributed by atoms with Crippen LogP contribution < -0.4 is 5.32 Å². The Morgan fingerprint density at radius 3 is 2.65 bits per heavy atom. The molecule has 0 unspecified atom stereocenters. The summed E-state index contributed by atoms with van der Waals surface area (Å²) in [5, 5.41) is 16.0. The quantitative estimate of drug-likeness (QED) is 0.825. The molecule has 0 spiro atoms. The van der Waals surface area contributed by atoms with Gasteiger partial charge in [0.05, 0.1) is 6.42 Å². The number of aryl methyl sites for hydroxylation is 2. The van der Waals surface area contributed by atoms with Crippen molar-refractivity contribution in [2.24, 2.45) is 0 Å². The monoisotopic (exact) mass is 231 g/mol. The van der Waals surface area contributed by atoms with Gasteiger partial charge in [-0.1, -0.05) is 23.4 Å². The van der Waals surface area contributed by atoms with Crippen molar-refractivity contribution >= 4 is 11.6 Å². The summed E-state index contributed by atoms with van der Waals surface area (Å²) >= 11 is 0. The van der Waals surface area contributed by atoms with E-state index in [-0.39, 0.29) is 12.3 Å². The van der Waals surface area contributed by atoms with Crippen molar-refractivity contribution in [3.63, 3.8) is 0 Å². The first kappa shape index (κ1) is 11.3. The fraction of sp³-hybridized carbons (Fsp3) is 0.273. The molecule has 2 N–H and O–H groups in total. The fourth-order valence-corrected chi connectivity index (χ4v) is 1.60. The molecule has 0 fully saturated rings. The van der Waals surface area contributed by atoms with Gasteiger partial charge in [-0.3, -0.25) is 4.79 Å². The summed E-state index contributed by atoms with van der Waals surface area (Å²) in [7, 11) is 0. The molecule has 0 radical (unpaired) electrons. The zero-order valence-corrected chi connectivity index (χ0v) is 9.69. The van der Waals surface area contributed by atoms with Gasteiger partial charge in [-0.15, -0.1) is 10.2 Å². The summed E-state index contributed by atoms with van der Waals surface area (Å²) in [6.07, 6.45) is 0.115. The average molecular weight is 231 g/mol. The van der Waals surface area contributed by atoms with Crippen LogP contribution in [0, 0.1) is 13.8 Å². The lowest BCUT2D eigenvalue weighted by Crippen LogP contribution is -2.16. The lowest BCUT2D eigenvalue weighted by Gasteiger charge is -2.10. The third-order valence-electron chi connectivity index (χ3n) is 2.45. The lowest BCUT2D eigenvalue weighted by molar-refractivity contribution is -0.115. The van der Waals surface area contributed by atoms with Crippen LogP contribution in [0.5, 0.6) is 0 Å². The fourth-order valence-electron chi connectivity index (χ4n) is 1.60. The molecule has 1 aromatic heterocycles. The maximum atomic E-state index is 11.8. The number of nitrogens with one attached hydrogen (secondary N) is 2. The van der Waals surface area contributed by atoms with Crippen LogP contribution in [0.3, 0.4) is 0 Å². The number of H-pyrrole nitrogens is 1. The van der Waals surface area contributed by atoms with Crippen LogP contribution in [-0.4, -0.2) is 26.5 Å². The molecule has 1 aromatic carbocycles. The third-order valence-corrected chi connectivity index (χ3v) is 2.45. The standard InChI is InChI=1S/C11H13N5O/c1-7-4-3-5-8(2)11(7)12-10(17)6-9-13-15-16-14-9/h3-5H,6H2,1-2H3,(H,12,17)(H,13,14,15,16). The smallest absolute Gasteiger partial charge is 0.232 e. The molecule has 6 nitrogen and oxygen atoms in total. The number of benzene rings is 1. The van der Waals surface area contributed by atoms with Gasteiger partial charge in [0, 0.05) is 5.69 Å². The number of hydrogen-bond acceptors (Lipinski definition) is 4. The van der Waals surface area contributed by atoms with E-state index in [1.165, 1.54) is 0 Å². The minimum atomic E-state index is -0.149. The van der Waals surface area contributed by atoms with E-state index in [1.54, 1.807) is 0 Å². The van der Waals surface area contributed by atoms with Crippen molar-refractivity contribution < 1.29 is 4.79 Å². The zero-order chi connectivity index (χ0) is 12.3. The second-order valence-corrected chi connectivity index (χ2v) is 3.82. The minimum Gasteiger partial charge on any atom is -0.325 e. The number of nitrogens with zero attached hydrogens (tertiary/aromatic N) is 3. The molecule has 6 heteroatoms. The van der Waals surface area contributed by atoms with Crippen molar-refractivity contribution in [2.45, 2.75) is 20.3 Å². The average Bonchev–Trinajstić information content (AvgIpc) is 2.76. The van der Waals surface area contributed by atoms with Crippen molar-refractivity contribution in [2.75, 3.05) is 5.32 Å². The summed E-state index contributed by atoms with van der Waals surface area (Å²) in [6.45, 7) is 3.91. The Bertz CT molecular complexity index is 500. The Kier molecular flexibility index (Phi) is 3.13. The van der Waals surface area contributed by atoms with Crippen LogP contribution in [0.2, 0.25) is 0 Å². The highest BCUT2D eigenvalue weighted by atomic mass is 16.1. The van der Waals surface area contributed by atoms with E-state index in [9.17, 15) is 4.79 Å². The molecule has 0 bridgehead atoms. The van der Waals surface area contributed by atoms with Crippen LogP contribution in [0.4, 0.5) is 5.69 Å². The number of rotatable bonds is 3. The number of amides is 1. The molecule has 0 aliphatic heterocycles. The topological polar surface area (TPSA) is 83.6 Å². The molecule has 0 aliphatic carbocycles. The Morgan fingerprint density at radius 1 is 1.35 bits per heavy atom. The van der Waals surface area contributed by atoms with Crippen LogP contribution >= 0.6 is 0 Å². The number of para-hydroxylation sites is 1. The molecule has 1 amide bonds. The molecule has 0 aliphatic rings. The van der Waals surface area contributed by atoms with Gasteiger partial charge < -0.3 is 5.32 Å². The molecule has 2 aromatic rings. The minimum absolute atomic E-state index is 0.115. The van der Waals surface area contributed by atoms with Gasteiger partial charge in [0.1, 0.15) is 0 Å². The highest BCUT2D eigenvalue weighted by Crippen LogP contribution is 2.19. The van der Waals surface area contributed by atoms with E-state index in [4.69, 9.17) is 0 Å². The number of tetrazole rings is 1.